The van der Waals surface area contributed by atoms with Crippen LogP contribution in [0.15, 0.2) is 41.4 Å². The molecule has 4 heterocycles. The number of benzene rings is 1. The molecule has 2 aromatic rings. The average molecular weight is 488 g/mol. The van der Waals surface area contributed by atoms with Crippen molar-refractivity contribution < 1.29 is 19.7 Å². The Balaban J connectivity index is 1.34. The summed E-state index contributed by atoms with van der Waals surface area (Å²) >= 11 is 3.36. The minimum absolute atomic E-state index is 0.00500. The van der Waals surface area contributed by atoms with Gasteiger partial charge in [0.15, 0.2) is 17.9 Å². The molecule has 0 bridgehead atoms. The zero-order valence-corrected chi connectivity index (χ0v) is 17.5. The molecule has 1 fully saturated rings. The zero-order chi connectivity index (χ0) is 21.7. The number of nitrogens with zero attached hydrogens (tertiary/aromatic N) is 5. The van der Waals surface area contributed by atoms with Gasteiger partial charge in [-0.1, -0.05) is 0 Å². The third-order valence-electron chi connectivity index (χ3n) is 5.18. The van der Waals surface area contributed by atoms with E-state index in [1.807, 2.05) is 12.1 Å². The minimum Gasteiger partial charge on any atom is -0.491 e. The highest BCUT2D eigenvalue weighted by molar-refractivity contribution is 9.10. The number of aromatic nitrogens is 5. The van der Waals surface area contributed by atoms with E-state index in [9.17, 15) is 10.2 Å². The molecule has 11 nitrogen and oxygen atoms in total. The average Bonchev–Trinajstić information content (AvgIpc) is 3.35. The molecule has 0 saturated carbocycles. The van der Waals surface area contributed by atoms with Crippen molar-refractivity contribution >= 4 is 38.5 Å². The molecule has 0 amide bonds. The minimum atomic E-state index is -1.22. The Kier molecular flexibility index (Phi) is 4.85. The number of nitrogen functional groups attached to an aromatic ring is 2. The number of fused-ring (bicyclic) bond motifs is 2. The fraction of sp³-hybridized carbons (Fsp3) is 0.263. The second-order valence-corrected chi connectivity index (χ2v) is 8.00. The second kappa shape index (κ2) is 7.57. The summed E-state index contributed by atoms with van der Waals surface area (Å²) in [6.45, 7) is 0.00500. The summed E-state index contributed by atoms with van der Waals surface area (Å²) < 4.78 is 13.9. The highest BCUT2D eigenvalue weighted by Gasteiger charge is 2.45. The highest BCUT2D eigenvalue weighted by Crippen LogP contribution is 2.34. The van der Waals surface area contributed by atoms with Crippen molar-refractivity contribution in [2.45, 2.75) is 24.5 Å². The highest BCUT2D eigenvalue weighted by atomic mass is 79.9. The Morgan fingerprint density at radius 3 is 2.77 bits per heavy atom. The SMILES string of the molecule is Nc1nc2cc(OC[C@H]3O[C@@H](n4cnc(N)c5ncnc4-5)[C@H](O)[C@@H]3O)ccc2cc1Br. The Bertz CT molecular complexity index is 1240. The van der Waals surface area contributed by atoms with Crippen LogP contribution in [0.5, 0.6) is 5.75 Å². The van der Waals surface area contributed by atoms with Gasteiger partial charge in [-0.2, -0.15) is 0 Å². The molecular formula is C19H18BrN7O4. The quantitative estimate of drug-likeness (QED) is 0.325. The topological polar surface area (TPSA) is 167 Å². The van der Waals surface area contributed by atoms with Crippen LogP contribution in [0.4, 0.5) is 11.6 Å². The van der Waals surface area contributed by atoms with E-state index >= 15 is 0 Å². The largest absolute Gasteiger partial charge is 0.491 e. The summed E-state index contributed by atoms with van der Waals surface area (Å²) in [5.74, 6) is 1.52. The van der Waals surface area contributed by atoms with E-state index in [4.69, 9.17) is 20.9 Å². The van der Waals surface area contributed by atoms with E-state index in [1.165, 1.54) is 17.2 Å². The van der Waals surface area contributed by atoms with Crippen molar-refractivity contribution in [1.29, 1.82) is 0 Å². The summed E-state index contributed by atoms with van der Waals surface area (Å²) in [6.07, 6.45) is -1.38. The smallest absolute Gasteiger partial charge is 0.167 e. The van der Waals surface area contributed by atoms with Gasteiger partial charge >= 0.3 is 0 Å². The van der Waals surface area contributed by atoms with E-state index in [1.54, 1.807) is 12.1 Å². The molecule has 31 heavy (non-hydrogen) atoms. The predicted molar refractivity (Wildman–Crippen MR) is 114 cm³/mol. The van der Waals surface area contributed by atoms with Crippen molar-refractivity contribution in [3.8, 4) is 17.3 Å². The van der Waals surface area contributed by atoms with E-state index < -0.39 is 24.5 Å². The summed E-state index contributed by atoms with van der Waals surface area (Å²) in [5.41, 5.74) is 12.7. The number of nitrogens with two attached hydrogens (primary N) is 2. The number of pyridine rings is 1. The summed E-state index contributed by atoms with van der Waals surface area (Å²) in [5, 5.41) is 22.0. The molecule has 5 rings (SSSR count). The van der Waals surface area contributed by atoms with Crippen LogP contribution in [0, 0.1) is 0 Å². The van der Waals surface area contributed by atoms with Gasteiger partial charge in [-0.05, 0) is 34.1 Å². The standard InChI is InChI=1S/C19H18BrN7O4/c20-10-3-8-1-2-9(4-11(8)26-16(10)21)30-5-12-14(28)15(29)19(31-12)27-7-25-17(22)13-18(27)24-6-23-13/h1-4,6-7,12,14-15,19,28-29H,5,22H2,(H2,21,26)/t12-,14-,15-,19-/m1/s1. The lowest BCUT2D eigenvalue weighted by Crippen LogP contribution is -2.34. The van der Waals surface area contributed by atoms with Gasteiger partial charge < -0.3 is 31.2 Å². The molecule has 3 aliphatic heterocycles. The number of rotatable bonds is 4. The Hall–Kier alpha value is -3.06. The number of aliphatic hydroxyl groups excluding tert-OH is 2. The third kappa shape index (κ3) is 3.43. The maximum absolute atomic E-state index is 10.6. The van der Waals surface area contributed by atoms with Gasteiger partial charge in [0.2, 0.25) is 0 Å². The number of hydrogen-bond donors (Lipinski definition) is 4. The van der Waals surface area contributed by atoms with Crippen molar-refractivity contribution in [2.24, 2.45) is 0 Å². The molecular weight excluding hydrogens is 470 g/mol. The van der Waals surface area contributed by atoms with Gasteiger partial charge in [0.25, 0.3) is 0 Å². The van der Waals surface area contributed by atoms with E-state index in [2.05, 4.69) is 35.9 Å². The van der Waals surface area contributed by atoms with Gasteiger partial charge in [0.1, 0.15) is 54.8 Å². The van der Waals surface area contributed by atoms with Crippen molar-refractivity contribution in [2.75, 3.05) is 18.1 Å². The van der Waals surface area contributed by atoms with Crippen LogP contribution in [0.25, 0.3) is 22.4 Å². The molecule has 1 aromatic heterocycles. The number of anilines is 2. The van der Waals surface area contributed by atoms with Crippen LogP contribution in [-0.4, -0.2) is 59.6 Å². The molecule has 1 saturated heterocycles. The molecule has 12 heteroatoms. The molecule has 3 aliphatic rings. The van der Waals surface area contributed by atoms with Crippen LogP contribution in [-0.2, 0) is 4.74 Å². The van der Waals surface area contributed by atoms with E-state index in [-0.39, 0.29) is 12.4 Å². The van der Waals surface area contributed by atoms with E-state index in [0.29, 0.717) is 28.6 Å². The van der Waals surface area contributed by atoms with Crippen LogP contribution >= 0.6 is 15.9 Å². The molecule has 160 valence electrons. The van der Waals surface area contributed by atoms with Gasteiger partial charge in [-0.15, -0.1) is 0 Å². The molecule has 0 aliphatic carbocycles. The number of imidazole rings is 1. The molecule has 1 aromatic carbocycles. The predicted octanol–water partition coefficient (Wildman–Crippen LogP) is 0.951. The summed E-state index contributed by atoms with van der Waals surface area (Å²) in [4.78, 5) is 16.6. The molecule has 4 atom stereocenters. The van der Waals surface area contributed by atoms with Crippen molar-refractivity contribution in [3.63, 3.8) is 0 Å². The van der Waals surface area contributed by atoms with Crippen LogP contribution in [0.3, 0.4) is 0 Å². The maximum Gasteiger partial charge on any atom is 0.167 e. The summed E-state index contributed by atoms with van der Waals surface area (Å²) in [7, 11) is 0. The molecule has 6 N–H and O–H groups in total. The van der Waals surface area contributed by atoms with Gasteiger partial charge in [-0.25, -0.2) is 19.9 Å². The first-order valence-electron chi connectivity index (χ1n) is 9.35. The summed E-state index contributed by atoms with van der Waals surface area (Å²) in [6, 6.07) is 7.25. The van der Waals surface area contributed by atoms with Crippen molar-refractivity contribution in [1.82, 2.24) is 24.5 Å². The zero-order valence-electron chi connectivity index (χ0n) is 16.0. The first-order valence-corrected chi connectivity index (χ1v) is 10.1. The number of halogens is 1. The number of hydrogen-bond acceptors (Lipinski definition) is 10. The molecule has 0 unspecified atom stereocenters. The fourth-order valence-electron chi connectivity index (χ4n) is 3.56. The second-order valence-electron chi connectivity index (χ2n) is 7.15. The van der Waals surface area contributed by atoms with Crippen LogP contribution < -0.4 is 16.2 Å². The normalized spacial score (nSPS) is 23.6. The number of aliphatic hydroxyl groups is 2. The molecule has 0 spiro atoms. The Morgan fingerprint density at radius 2 is 1.94 bits per heavy atom. The van der Waals surface area contributed by atoms with Crippen LogP contribution in [0.1, 0.15) is 6.23 Å². The Labute approximate surface area is 184 Å². The lowest BCUT2D eigenvalue weighted by molar-refractivity contribution is -0.0493. The monoisotopic (exact) mass is 487 g/mol. The van der Waals surface area contributed by atoms with Crippen molar-refractivity contribution in [3.05, 3.63) is 41.4 Å². The maximum atomic E-state index is 10.6. The van der Waals surface area contributed by atoms with Crippen LogP contribution in [0.2, 0.25) is 0 Å². The fourth-order valence-corrected chi connectivity index (χ4v) is 3.89. The van der Waals surface area contributed by atoms with Gasteiger partial charge in [0.05, 0.1) is 9.99 Å². The molecule has 0 radical (unpaired) electrons. The number of ether oxygens (including phenoxy) is 2. The first-order chi connectivity index (χ1) is 14.9. The van der Waals surface area contributed by atoms with Gasteiger partial charge in [-0.3, -0.25) is 4.57 Å². The van der Waals surface area contributed by atoms with Gasteiger partial charge in [0, 0.05) is 11.5 Å². The Morgan fingerprint density at radius 1 is 1.10 bits per heavy atom. The lowest BCUT2D eigenvalue weighted by Gasteiger charge is -2.20. The lowest BCUT2D eigenvalue weighted by atomic mass is 10.1. The third-order valence-corrected chi connectivity index (χ3v) is 5.82. The van der Waals surface area contributed by atoms with E-state index in [0.717, 1.165) is 9.86 Å². The first kappa shape index (κ1) is 19.9.